The molecule has 2 heteroatoms. The molecule has 0 spiro atoms. The maximum absolute atomic E-state index is 5.64. The molecule has 1 unspecified atom stereocenters. The molecule has 1 atom stereocenters. The molecule has 100 valence electrons. The van der Waals surface area contributed by atoms with Gasteiger partial charge in [-0.15, -0.1) is 0 Å². The number of benzene rings is 1. The van der Waals surface area contributed by atoms with E-state index in [0.29, 0.717) is 6.54 Å². The van der Waals surface area contributed by atoms with Crippen LogP contribution in [0.2, 0.25) is 0 Å². The number of nitrogens with zero attached hydrogens (tertiary/aromatic N) is 1. The van der Waals surface area contributed by atoms with Gasteiger partial charge in [0.2, 0.25) is 0 Å². The van der Waals surface area contributed by atoms with Crippen molar-refractivity contribution in [1.29, 1.82) is 0 Å². The molecule has 0 amide bonds. The number of hydrogen-bond donors (Lipinski definition) is 1. The van der Waals surface area contributed by atoms with Crippen LogP contribution in [0.1, 0.15) is 50.2 Å². The largest absolute Gasteiger partial charge is 0.326 e. The van der Waals surface area contributed by atoms with Crippen molar-refractivity contribution in [2.24, 2.45) is 5.73 Å². The van der Waals surface area contributed by atoms with Gasteiger partial charge in [-0.1, -0.05) is 44.0 Å². The van der Waals surface area contributed by atoms with E-state index in [9.17, 15) is 0 Å². The second-order valence-electron chi connectivity index (χ2n) is 5.43. The van der Waals surface area contributed by atoms with Gasteiger partial charge in [-0.05, 0) is 36.9 Å². The lowest BCUT2D eigenvalue weighted by Crippen LogP contribution is -2.38. The molecular weight excluding hydrogens is 220 g/mol. The third kappa shape index (κ3) is 3.56. The first-order valence-electron chi connectivity index (χ1n) is 7.35. The molecule has 2 nitrogen and oxygen atoms in total. The number of piperidine rings is 1. The maximum Gasteiger partial charge on any atom is 0.0236 e. The molecule has 0 radical (unpaired) electrons. The molecule has 1 aromatic carbocycles. The van der Waals surface area contributed by atoms with Gasteiger partial charge >= 0.3 is 0 Å². The van der Waals surface area contributed by atoms with Crippen LogP contribution in [-0.2, 0) is 13.1 Å². The molecule has 1 aromatic rings. The Labute approximate surface area is 111 Å². The fraction of sp³-hybridized carbons (Fsp3) is 0.625. The summed E-state index contributed by atoms with van der Waals surface area (Å²) < 4.78 is 0. The van der Waals surface area contributed by atoms with Crippen LogP contribution in [0.3, 0.4) is 0 Å². The second-order valence-corrected chi connectivity index (χ2v) is 5.43. The zero-order valence-corrected chi connectivity index (χ0v) is 11.6. The highest BCUT2D eigenvalue weighted by Gasteiger charge is 2.21. The lowest BCUT2D eigenvalue weighted by Gasteiger charge is -2.35. The van der Waals surface area contributed by atoms with Crippen LogP contribution in [0.4, 0.5) is 0 Å². The van der Waals surface area contributed by atoms with E-state index in [4.69, 9.17) is 5.73 Å². The molecule has 1 fully saturated rings. The fourth-order valence-corrected chi connectivity index (χ4v) is 2.94. The molecule has 1 saturated heterocycles. The van der Waals surface area contributed by atoms with Crippen LogP contribution in [-0.4, -0.2) is 17.5 Å². The van der Waals surface area contributed by atoms with Crippen molar-refractivity contribution < 1.29 is 0 Å². The van der Waals surface area contributed by atoms with E-state index in [-0.39, 0.29) is 0 Å². The van der Waals surface area contributed by atoms with Crippen molar-refractivity contribution >= 4 is 0 Å². The molecule has 0 bridgehead atoms. The highest BCUT2D eigenvalue weighted by atomic mass is 15.2. The van der Waals surface area contributed by atoms with Gasteiger partial charge in [0.1, 0.15) is 0 Å². The Kier molecular flexibility index (Phi) is 5.21. The normalized spacial score (nSPS) is 21.1. The van der Waals surface area contributed by atoms with E-state index >= 15 is 0 Å². The second kappa shape index (κ2) is 6.91. The van der Waals surface area contributed by atoms with E-state index in [0.717, 1.165) is 12.6 Å². The topological polar surface area (TPSA) is 29.3 Å². The minimum absolute atomic E-state index is 0.641. The summed E-state index contributed by atoms with van der Waals surface area (Å²) >= 11 is 0. The van der Waals surface area contributed by atoms with Gasteiger partial charge < -0.3 is 5.73 Å². The first-order chi connectivity index (χ1) is 8.83. The SMILES string of the molecule is CCCC1CCCCN1Cc1ccc(CN)cc1. The van der Waals surface area contributed by atoms with Crippen molar-refractivity contribution in [3.8, 4) is 0 Å². The smallest absolute Gasteiger partial charge is 0.0236 e. The van der Waals surface area contributed by atoms with E-state index in [2.05, 4.69) is 36.1 Å². The Morgan fingerprint density at radius 2 is 1.89 bits per heavy atom. The van der Waals surface area contributed by atoms with Gasteiger partial charge in [0.05, 0.1) is 0 Å². The Bertz CT molecular complexity index is 343. The van der Waals surface area contributed by atoms with Crippen LogP contribution < -0.4 is 5.73 Å². The minimum atomic E-state index is 0.641. The van der Waals surface area contributed by atoms with Crippen molar-refractivity contribution in [3.05, 3.63) is 35.4 Å². The van der Waals surface area contributed by atoms with Crippen LogP contribution in [0, 0.1) is 0 Å². The molecule has 0 aromatic heterocycles. The summed E-state index contributed by atoms with van der Waals surface area (Å²) in [6.07, 6.45) is 6.80. The van der Waals surface area contributed by atoms with E-state index in [1.54, 1.807) is 0 Å². The predicted molar refractivity (Wildman–Crippen MR) is 77.3 cm³/mol. The van der Waals surface area contributed by atoms with Gasteiger partial charge in [0.25, 0.3) is 0 Å². The lowest BCUT2D eigenvalue weighted by atomic mass is 9.97. The lowest BCUT2D eigenvalue weighted by molar-refractivity contribution is 0.131. The van der Waals surface area contributed by atoms with Crippen LogP contribution in [0.15, 0.2) is 24.3 Å². The van der Waals surface area contributed by atoms with E-state index < -0.39 is 0 Å². The van der Waals surface area contributed by atoms with Crippen LogP contribution in [0.25, 0.3) is 0 Å². The number of rotatable bonds is 5. The Morgan fingerprint density at radius 3 is 2.56 bits per heavy atom. The summed E-state index contributed by atoms with van der Waals surface area (Å²) in [4.78, 5) is 2.67. The van der Waals surface area contributed by atoms with E-state index in [1.165, 1.54) is 49.8 Å². The molecule has 0 saturated carbocycles. The standard InChI is InChI=1S/C16H26N2/c1-2-5-16-6-3-4-11-18(16)13-15-9-7-14(12-17)8-10-15/h7-10,16H,2-6,11-13,17H2,1H3. The first kappa shape index (κ1) is 13.6. The summed E-state index contributed by atoms with van der Waals surface area (Å²) in [5.41, 5.74) is 8.29. The van der Waals surface area contributed by atoms with Gasteiger partial charge in [-0.3, -0.25) is 4.90 Å². The summed E-state index contributed by atoms with van der Waals surface area (Å²) in [5, 5.41) is 0. The molecule has 18 heavy (non-hydrogen) atoms. The highest BCUT2D eigenvalue weighted by Crippen LogP contribution is 2.22. The average molecular weight is 246 g/mol. The molecule has 1 heterocycles. The van der Waals surface area contributed by atoms with Crippen LogP contribution in [0.5, 0.6) is 0 Å². The molecule has 1 aliphatic rings. The number of nitrogens with two attached hydrogens (primary N) is 1. The molecule has 1 aliphatic heterocycles. The first-order valence-corrected chi connectivity index (χ1v) is 7.35. The monoisotopic (exact) mass is 246 g/mol. The zero-order chi connectivity index (χ0) is 12.8. The van der Waals surface area contributed by atoms with Crippen LogP contribution >= 0.6 is 0 Å². The molecule has 2 N–H and O–H groups in total. The van der Waals surface area contributed by atoms with Crippen molar-refractivity contribution in [1.82, 2.24) is 4.90 Å². The Morgan fingerprint density at radius 1 is 1.17 bits per heavy atom. The van der Waals surface area contributed by atoms with Crippen molar-refractivity contribution in [3.63, 3.8) is 0 Å². The third-order valence-electron chi connectivity index (χ3n) is 4.02. The Hall–Kier alpha value is -0.860. The summed E-state index contributed by atoms with van der Waals surface area (Å²) in [6, 6.07) is 9.60. The molecule has 2 rings (SSSR count). The minimum Gasteiger partial charge on any atom is -0.326 e. The van der Waals surface area contributed by atoms with Gasteiger partial charge in [0, 0.05) is 19.1 Å². The van der Waals surface area contributed by atoms with Gasteiger partial charge in [-0.2, -0.15) is 0 Å². The van der Waals surface area contributed by atoms with Crippen molar-refractivity contribution in [2.75, 3.05) is 6.54 Å². The molecule has 0 aliphatic carbocycles. The number of likely N-dealkylation sites (tertiary alicyclic amines) is 1. The highest BCUT2D eigenvalue weighted by molar-refractivity contribution is 5.22. The fourth-order valence-electron chi connectivity index (χ4n) is 2.94. The third-order valence-corrected chi connectivity index (χ3v) is 4.02. The van der Waals surface area contributed by atoms with Gasteiger partial charge in [0.15, 0.2) is 0 Å². The predicted octanol–water partition coefficient (Wildman–Crippen LogP) is 3.30. The van der Waals surface area contributed by atoms with E-state index in [1.807, 2.05) is 0 Å². The average Bonchev–Trinajstić information content (AvgIpc) is 2.42. The summed E-state index contributed by atoms with van der Waals surface area (Å²) in [7, 11) is 0. The Balaban J connectivity index is 1.96. The quantitative estimate of drug-likeness (QED) is 0.863. The molecular formula is C16H26N2. The van der Waals surface area contributed by atoms with Crippen molar-refractivity contribution in [2.45, 2.75) is 58.2 Å². The maximum atomic E-state index is 5.64. The van der Waals surface area contributed by atoms with Gasteiger partial charge in [-0.25, -0.2) is 0 Å². The summed E-state index contributed by atoms with van der Waals surface area (Å²) in [6.45, 7) is 5.31. The number of hydrogen-bond acceptors (Lipinski definition) is 2. The zero-order valence-electron chi connectivity index (χ0n) is 11.6. The summed E-state index contributed by atoms with van der Waals surface area (Å²) in [5.74, 6) is 0.